The van der Waals surface area contributed by atoms with E-state index < -0.39 is 0 Å². The molecule has 1 fully saturated rings. The number of aromatic nitrogens is 2. The molecule has 1 heterocycles. The normalized spacial score (nSPS) is 16.9. The first-order valence-electron chi connectivity index (χ1n) is 6.30. The van der Waals surface area contributed by atoms with E-state index in [9.17, 15) is 4.79 Å². The molecule has 0 aliphatic heterocycles. The SMILES string of the molecule is Nc1[nH]ncc1CNC(=O)CC1CCCCC1. The van der Waals surface area contributed by atoms with Crippen LogP contribution < -0.4 is 11.1 Å². The van der Waals surface area contributed by atoms with Gasteiger partial charge >= 0.3 is 0 Å². The van der Waals surface area contributed by atoms with Gasteiger partial charge in [0.25, 0.3) is 0 Å². The Labute approximate surface area is 101 Å². The Morgan fingerprint density at radius 1 is 1.47 bits per heavy atom. The van der Waals surface area contributed by atoms with Crippen LogP contribution in [-0.4, -0.2) is 16.1 Å². The maximum atomic E-state index is 11.7. The summed E-state index contributed by atoms with van der Waals surface area (Å²) >= 11 is 0. The van der Waals surface area contributed by atoms with Crippen LogP contribution in [0, 0.1) is 5.92 Å². The summed E-state index contributed by atoms with van der Waals surface area (Å²) in [4.78, 5) is 11.7. The average molecular weight is 236 g/mol. The van der Waals surface area contributed by atoms with E-state index in [1.807, 2.05) is 0 Å². The Kier molecular flexibility index (Phi) is 4.01. The van der Waals surface area contributed by atoms with Gasteiger partial charge in [0.1, 0.15) is 5.82 Å². The summed E-state index contributed by atoms with van der Waals surface area (Å²) in [7, 11) is 0. The minimum absolute atomic E-state index is 0.123. The van der Waals surface area contributed by atoms with Crippen molar-refractivity contribution in [3.8, 4) is 0 Å². The van der Waals surface area contributed by atoms with Crippen LogP contribution in [0.5, 0.6) is 0 Å². The van der Waals surface area contributed by atoms with Gasteiger partial charge < -0.3 is 11.1 Å². The molecule has 0 unspecified atom stereocenters. The molecule has 0 bridgehead atoms. The van der Waals surface area contributed by atoms with Gasteiger partial charge in [0, 0.05) is 18.5 Å². The Balaban J connectivity index is 1.72. The molecular formula is C12H20N4O. The van der Waals surface area contributed by atoms with Gasteiger partial charge in [-0.25, -0.2) is 0 Å². The van der Waals surface area contributed by atoms with Crippen LogP contribution in [0.25, 0.3) is 0 Å². The summed E-state index contributed by atoms with van der Waals surface area (Å²) < 4.78 is 0. The first-order chi connectivity index (χ1) is 8.25. The van der Waals surface area contributed by atoms with E-state index in [1.54, 1.807) is 6.20 Å². The summed E-state index contributed by atoms with van der Waals surface area (Å²) in [6.45, 7) is 0.466. The summed E-state index contributed by atoms with van der Waals surface area (Å²) in [5, 5.41) is 9.36. The molecule has 0 spiro atoms. The van der Waals surface area contributed by atoms with E-state index in [4.69, 9.17) is 5.73 Å². The number of nitrogens with two attached hydrogens (primary N) is 1. The fourth-order valence-corrected chi connectivity index (χ4v) is 2.38. The summed E-state index contributed by atoms with van der Waals surface area (Å²) in [5.41, 5.74) is 6.49. The third-order valence-electron chi connectivity index (χ3n) is 3.43. The lowest BCUT2D eigenvalue weighted by Crippen LogP contribution is -2.26. The second-order valence-electron chi connectivity index (χ2n) is 4.79. The van der Waals surface area contributed by atoms with Gasteiger partial charge in [-0.2, -0.15) is 5.10 Å². The molecular weight excluding hydrogens is 216 g/mol. The minimum atomic E-state index is 0.123. The van der Waals surface area contributed by atoms with Crippen molar-refractivity contribution in [2.45, 2.75) is 45.1 Å². The number of anilines is 1. The van der Waals surface area contributed by atoms with Gasteiger partial charge in [-0.05, 0) is 18.8 Å². The number of carbonyl (C=O) groups excluding carboxylic acids is 1. The predicted octanol–water partition coefficient (Wildman–Crippen LogP) is 1.58. The topological polar surface area (TPSA) is 83.8 Å². The van der Waals surface area contributed by atoms with Gasteiger partial charge in [-0.1, -0.05) is 19.3 Å². The number of aromatic amines is 1. The second kappa shape index (κ2) is 5.70. The molecule has 1 aromatic rings. The van der Waals surface area contributed by atoms with E-state index >= 15 is 0 Å². The van der Waals surface area contributed by atoms with Crippen molar-refractivity contribution in [3.05, 3.63) is 11.8 Å². The molecule has 0 atom stereocenters. The molecule has 5 heteroatoms. The number of hydrogen-bond donors (Lipinski definition) is 3. The van der Waals surface area contributed by atoms with Gasteiger partial charge in [0.15, 0.2) is 0 Å². The van der Waals surface area contributed by atoms with Crippen molar-refractivity contribution >= 4 is 11.7 Å². The molecule has 2 rings (SSSR count). The quantitative estimate of drug-likeness (QED) is 0.742. The molecule has 0 saturated heterocycles. The van der Waals surface area contributed by atoms with Crippen molar-refractivity contribution in [3.63, 3.8) is 0 Å². The zero-order valence-corrected chi connectivity index (χ0v) is 10.0. The highest BCUT2D eigenvalue weighted by Gasteiger charge is 2.16. The van der Waals surface area contributed by atoms with Crippen molar-refractivity contribution in [1.29, 1.82) is 0 Å². The first kappa shape index (κ1) is 12.0. The molecule has 1 aromatic heterocycles. The van der Waals surface area contributed by atoms with E-state index in [-0.39, 0.29) is 5.91 Å². The van der Waals surface area contributed by atoms with Gasteiger partial charge in [0.05, 0.1) is 6.20 Å². The van der Waals surface area contributed by atoms with E-state index in [1.165, 1.54) is 32.1 Å². The highest BCUT2D eigenvalue weighted by molar-refractivity contribution is 5.76. The third-order valence-corrected chi connectivity index (χ3v) is 3.43. The van der Waals surface area contributed by atoms with Crippen LogP contribution >= 0.6 is 0 Å². The summed E-state index contributed by atoms with van der Waals surface area (Å²) in [5.74, 6) is 1.23. The minimum Gasteiger partial charge on any atom is -0.384 e. The summed E-state index contributed by atoms with van der Waals surface area (Å²) in [6, 6.07) is 0. The second-order valence-corrected chi connectivity index (χ2v) is 4.79. The molecule has 1 saturated carbocycles. The Bertz CT molecular complexity index is 368. The molecule has 94 valence electrons. The average Bonchev–Trinajstić information content (AvgIpc) is 2.74. The highest BCUT2D eigenvalue weighted by Crippen LogP contribution is 2.26. The zero-order valence-electron chi connectivity index (χ0n) is 10.0. The standard InChI is InChI=1S/C12H20N4O/c13-12-10(8-15-16-12)7-14-11(17)6-9-4-2-1-3-5-9/h8-9H,1-7H2,(H,14,17)(H3,13,15,16). The number of amides is 1. The Hall–Kier alpha value is -1.52. The summed E-state index contributed by atoms with van der Waals surface area (Å²) in [6.07, 6.45) is 8.55. The van der Waals surface area contributed by atoms with Crippen LogP contribution in [0.4, 0.5) is 5.82 Å². The zero-order chi connectivity index (χ0) is 12.1. The molecule has 5 nitrogen and oxygen atoms in total. The third kappa shape index (κ3) is 3.47. The Morgan fingerprint density at radius 3 is 2.88 bits per heavy atom. The van der Waals surface area contributed by atoms with Gasteiger partial charge in [0.2, 0.25) is 5.91 Å². The molecule has 1 amide bonds. The maximum Gasteiger partial charge on any atom is 0.220 e. The molecule has 4 N–H and O–H groups in total. The fourth-order valence-electron chi connectivity index (χ4n) is 2.38. The number of hydrogen-bond acceptors (Lipinski definition) is 3. The number of nitrogens with zero attached hydrogens (tertiary/aromatic N) is 1. The first-order valence-corrected chi connectivity index (χ1v) is 6.30. The molecule has 1 aliphatic carbocycles. The van der Waals surface area contributed by atoms with Gasteiger partial charge in [-0.3, -0.25) is 9.89 Å². The number of H-pyrrole nitrogens is 1. The largest absolute Gasteiger partial charge is 0.384 e. The lowest BCUT2D eigenvalue weighted by molar-refractivity contribution is -0.122. The number of nitrogen functional groups attached to an aromatic ring is 1. The van der Waals surface area contributed by atoms with Gasteiger partial charge in [-0.15, -0.1) is 0 Å². The van der Waals surface area contributed by atoms with Crippen molar-refractivity contribution < 1.29 is 4.79 Å². The number of nitrogens with one attached hydrogen (secondary N) is 2. The monoisotopic (exact) mass is 236 g/mol. The predicted molar refractivity (Wildman–Crippen MR) is 66.0 cm³/mol. The molecule has 0 aromatic carbocycles. The van der Waals surface area contributed by atoms with E-state index in [0.29, 0.717) is 24.7 Å². The molecule has 17 heavy (non-hydrogen) atoms. The maximum absolute atomic E-state index is 11.7. The smallest absolute Gasteiger partial charge is 0.220 e. The van der Waals surface area contributed by atoms with Crippen LogP contribution in [0.2, 0.25) is 0 Å². The van der Waals surface area contributed by atoms with Crippen LogP contribution in [0.1, 0.15) is 44.1 Å². The van der Waals surface area contributed by atoms with E-state index in [0.717, 1.165) is 5.56 Å². The van der Waals surface area contributed by atoms with E-state index in [2.05, 4.69) is 15.5 Å². The van der Waals surface area contributed by atoms with Crippen molar-refractivity contribution in [1.82, 2.24) is 15.5 Å². The lowest BCUT2D eigenvalue weighted by atomic mass is 9.87. The fraction of sp³-hybridized carbons (Fsp3) is 0.667. The number of carbonyl (C=O) groups is 1. The lowest BCUT2D eigenvalue weighted by Gasteiger charge is -2.20. The highest BCUT2D eigenvalue weighted by atomic mass is 16.1. The van der Waals surface area contributed by atoms with Crippen molar-refractivity contribution in [2.75, 3.05) is 5.73 Å². The van der Waals surface area contributed by atoms with Crippen LogP contribution in [0.15, 0.2) is 6.20 Å². The molecule has 0 radical (unpaired) electrons. The van der Waals surface area contributed by atoms with Crippen molar-refractivity contribution in [2.24, 2.45) is 5.92 Å². The van der Waals surface area contributed by atoms with Crippen LogP contribution in [-0.2, 0) is 11.3 Å². The number of rotatable bonds is 4. The van der Waals surface area contributed by atoms with Crippen LogP contribution in [0.3, 0.4) is 0 Å². The Morgan fingerprint density at radius 2 is 2.24 bits per heavy atom. The molecule has 1 aliphatic rings.